The Hall–Kier alpha value is -1.19. The monoisotopic (exact) mass is 476 g/mol. The van der Waals surface area contributed by atoms with Crippen molar-refractivity contribution < 1.29 is 9.84 Å². The van der Waals surface area contributed by atoms with E-state index in [1.165, 1.54) is 42.4 Å². The lowest BCUT2D eigenvalue weighted by Gasteiger charge is -2.17. The summed E-state index contributed by atoms with van der Waals surface area (Å²) in [7, 11) is 0. The zero-order valence-electron chi connectivity index (χ0n) is 22.5. The molecular weight excluding hydrogens is 424 g/mol. The molecule has 0 saturated carbocycles. The second-order valence-electron chi connectivity index (χ2n) is 9.63. The number of thiocarbonyl (C=S) groups is 1. The fourth-order valence-electron chi connectivity index (χ4n) is 3.71. The summed E-state index contributed by atoms with van der Waals surface area (Å²) in [5.74, 6) is 0.425. The normalized spacial score (nSPS) is 12.9. The average Bonchev–Trinajstić information content (AvgIpc) is 2.77. The summed E-state index contributed by atoms with van der Waals surface area (Å²) in [6, 6.07) is 0. The standard InChI is InChI=1S/C30H52O2S/c1-7-9-20-29(21-10-8-2)30(33)32-23-22-27(6)17-13-19-28(24-31)18-12-16-26(5)15-11-14-25(3)4/h14,16,19,22,29,31H,7-13,15,17-18,20-21,23-24H2,1-6H3. The van der Waals surface area contributed by atoms with E-state index >= 15 is 0 Å². The number of unbranched alkanes of at least 4 members (excludes halogenated alkanes) is 2. The molecule has 0 bridgehead atoms. The first-order valence-corrected chi connectivity index (χ1v) is 13.6. The molecule has 0 rings (SSSR count). The number of ether oxygens (including phenoxy) is 1. The highest BCUT2D eigenvalue weighted by Crippen LogP contribution is 2.19. The van der Waals surface area contributed by atoms with E-state index in [9.17, 15) is 5.11 Å². The van der Waals surface area contributed by atoms with Crippen molar-refractivity contribution in [3.63, 3.8) is 0 Å². The van der Waals surface area contributed by atoms with Gasteiger partial charge in [-0.3, -0.25) is 0 Å². The Morgan fingerprint density at radius 1 is 0.788 bits per heavy atom. The topological polar surface area (TPSA) is 29.5 Å². The molecule has 33 heavy (non-hydrogen) atoms. The van der Waals surface area contributed by atoms with E-state index in [-0.39, 0.29) is 6.61 Å². The maximum Gasteiger partial charge on any atom is 0.163 e. The maximum absolute atomic E-state index is 9.69. The minimum Gasteiger partial charge on any atom is -0.483 e. The van der Waals surface area contributed by atoms with Crippen LogP contribution >= 0.6 is 12.2 Å². The lowest BCUT2D eigenvalue weighted by atomic mass is 9.97. The lowest BCUT2D eigenvalue weighted by molar-refractivity contribution is 0.317. The highest BCUT2D eigenvalue weighted by atomic mass is 32.1. The van der Waals surface area contributed by atoms with Crippen LogP contribution in [0.4, 0.5) is 0 Å². The Kier molecular flexibility index (Phi) is 20.6. The molecule has 0 spiro atoms. The van der Waals surface area contributed by atoms with Crippen molar-refractivity contribution in [1.29, 1.82) is 0 Å². The highest BCUT2D eigenvalue weighted by molar-refractivity contribution is 7.80. The van der Waals surface area contributed by atoms with Crippen LogP contribution in [0.25, 0.3) is 0 Å². The number of rotatable bonds is 19. The minimum atomic E-state index is 0.154. The van der Waals surface area contributed by atoms with Gasteiger partial charge in [-0.2, -0.15) is 0 Å². The van der Waals surface area contributed by atoms with Crippen LogP contribution in [0.3, 0.4) is 0 Å². The van der Waals surface area contributed by atoms with Crippen molar-refractivity contribution in [2.75, 3.05) is 13.2 Å². The van der Waals surface area contributed by atoms with Gasteiger partial charge in [-0.25, -0.2) is 0 Å². The summed E-state index contributed by atoms with van der Waals surface area (Å²) in [5, 5.41) is 10.5. The molecule has 0 atom stereocenters. The third kappa shape index (κ3) is 18.9. The number of aliphatic hydroxyl groups is 1. The van der Waals surface area contributed by atoms with Gasteiger partial charge < -0.3 is 9.84 Å². The van der Waals surface area contributed by atoms with Crippen LogP contribution in [-0.4, -0.2) is 23.4 Å². The molecule has 0 fully saturated rings. The summed E-state index contributed by atoms with van der Waals surface area (Å²) in [6.07, 6.45) is 22.3. The average molecular weight is 477 g/mol. The van der Waals surface area contributed by atoms with E-state index in [4.69, 9.17) is 17.0 Å². The Labute approximate surface area is 211 Å². The van der Waals surface area contributed by atoms with Crippen molar-refractivity contribution >= 4 is 17.3 Å². The molecule has 0 aliphatic carbocycles. The van der Waals surface area contributed by atoms with Gasteiger partial charge in [0.15, 0.2) is 5.05 Å². The first-order valence-electron chi connectivity index (χ1n) is 13.2. The van der Waals surface area contributed by atoms with Gasteiger partial charge >= 0.3 is 0 Å². The van der Waals surface area contributed by atoms with Gasteiger partial charge in [0.25, 0.3) is 0 Å². The van der Waals surface area contributed by atoms with Crippen LogP contribution in [-0.2, 0) is 4.74 Å². The van der Waals surface area contributed by atoms with E-state index in [0.29, 0.717) is 12.5 Å². The summed E-state index contributed by atoms with van der Waals surface area (Å²) in [6.45, 7) is 13.8. The molecular formula is C30H52O2S. The molecule has 0 saturated heterocycles. The second-order valence-corrected chi connectivity index (χ2v) is 10.0. The molecule has 190 valence electrons. The van der Waals surface area contributed by atoms with E-state index in [1.807, 2.05) is 0 Å². The first kappa shape index (κ1) is 31.8. The lowest BCUT2D eigenvalue weighted by Crippen LogP contribution is -2.16. The molecule has 0 heterocycles. The van der Waals surface area contributed by atoms with Gasteiger partial charge in [0.1, 0.15) is 6.61 Å². The van der Waals surface area contributed by atoms with Crippen LogP contribution in [0.5, 0.6) is 0 Å². The van der Waals surface area contributed by atoms with Crippen molar-refractivity contribution in [1.82, 2.24) is 0 Å². The molecule has 1 N–H and O–H groups in total. The van der Waals surface area contributed by atoms with Crippen LogP contribution in [0, 0.1) is 5.92 Å². The smallest absolute Gasteiger partial charge is 0.163 e. The van der Waals surface area contributed by atoms with Gasteiger partial charge in [0.2, 0.25) is 0 Å². The SMILES string of the molecule is CCCCC(CCCC)C(=S)OCC=C(C)CCC=C(CO)CCC=C(C)CCC=C(C)C. The van der Waals surface area contributed by atoms with Crippen molar-refractivity contribution in [2.45, 2.75) is 119 Å². The summed E-state index contributed by atoms with van der Waals surface area (Å²) in [4.78, 5) is 0. The summed E-state index contributed by atoms with van der Waals surface area (Å²) < 4.78 is 5.92. The Balaban J connectivity index is 4.37. The van der Waals surface area contributed by atoms with Crippen molar-refractivity contribution in [3.8, 4) is 0 Å². The number of hydrogen-bond acceptors (Lipinski definition) is 3. The third-order valence-electron chi connectivity index (χ3n) is 6.03. The van der Waals surface area contributed by atoms with Gasteiger partial charge in [0, 0.05) is 5.92 Å². The molecule has 0 radical (unpaired) electrons. The fourth-order valence-corrected chi connectivity index (χ4v) is 4.01. The van der Waals surface area contributed by atoms with Gasteiger partial charge in [0.05, 0.1) is 6.61 Å². The largest absolute Gasteiger partial charge is 0.483 e. The molecule has 3 heteroatoms. The second kappa shape index (κ2) is 21.4. The molecule has 0 aromatic carbocycles. The van der Waals surface area contributed by atoms with Crippen LogP contribution in [0.15, 0.2) is 46.6 Å². The van der Waals surface area contributed by atoms with E-state index in [1.54, 1.807) is 0 Å². The van der Waals surface area contributed by atoms with Crippen LogP contribution < -0.4 is 0 Å². The van der Waals surface area contributed by atoms with Gasteiger partial charge in [-0.15, -0.1) is 0 Å². The predicted molar refractivity (Wildman–Crippen MR) is 151 cm³/mol. The first-order chi connectivity index (χ1) is 15.8. The molecule has 0 unspecified atom stereocenters. The quantitative estimate of drug-likeness (QED) is 0.149. The summed E-state index contributed by atoms with van der Waals surface area (Å²) in [5.41, 5.74) is 5.28. The zero-order valence-corrected chi connectivity index (χ0v) is 23.4. The molecule has 0 aliphatic heterocycles. The van der Waals surface area contributed by atoms with Crippen LogP contribution in [0.1, 0.15) is 119 Å². The van der Waals surface area contributed by atoms with E-state index < -0.39 is 0 Å². The van der Waals surface area contributed by atoms with Crippen molar-refractivity contribution in [3.05, 3.63) is 46.6 Å². The Bertz CT molecular complexity index is 628. The molecule has 0 aliphatic rings. The Morgan fingerprint density at radius 2 is 1.33 bits per heavy atom. The molecule has 2 nitrogen and oxygen atoms in total. The number of hydrogen-bond donors (Lipinski definition) is 1. The summed E-state index contributed by atoms with van der Waals surface area (Å²) >= 11 is 5.59. The van der Waals surface area contributed by atoms with E-state index in [2.05, 4.69) is 65.8 Å². The zero-order chi connectivity index (χ0) is 24.9. The molecule has 0 aromatic rings. The fraction of sp³-hybridized carbons (Fsp3) is 0.700. The number of allylic oxidation sites excluding steroid dienone is 6. The maximum atomic E-state index is 9.69. The minimum absolute atomic E-state index is 0.154. The number of aliphatic hydroxyl groups excluding tert-OH is 1. The highest BCUT2D eigenvalue weighted by Gasteiger charge is 2.14. The van der Waals surface area contributed by atoms with E-state index in [0.717, 1.165) is 62.0 Å². The Morgan fingerprint density at radius 3 is 1.88 bits per heavy atom. The van der Waals surface area contributed by atoms with Crippen molar-refractivity contribution in [2.24, 2.45) is 5.92 Å². The van der Waals surface area contributed by atoms with Crippen LogP contribution in [0.2, 0.25) is 0 Å². The van der Waals surface area contributed by atoms with Gasteiger partial charge in [-0.05, 0) is 103 Å². The molecule has 0 amide bonds. The van der Waals surface area contributed by atoms with Gasteiger partial charge in [-0.1, -0.05) is 74.5 Å². The molecule has 0 aromatic heterocycles. The third-order valence-corrected chi connectivity index (χ3v) is 6.48. The predicted octanol–water partition coefficient (Wildman–Crippen LogP) is 9.45.